The van der Waals surface area contributed by atoms with Crippen molar-refractivity contribution in [2.45, 2.75) is 13.0 Å². The standard InChI is InChI=1S/C9H9ClF2O/c1-5-2-8(12)6(3-7(5)11)9(13)4-10/h2-3,9,13H,4H2,1H3/t9-/m1/s1. The predicted molar refractivity (Wildman–Crippen MR) is 46.8 cm³/mol. The van der Waals surface area contributed by atoms with E-state index in [-0.39, 0.29) is 17.0 Å². The predicted octanol–water partition coefficient (Wildman–Crippen LogP) is 2.55. The highest BCUT2D eigenvalue weighted by atomic mass is 35.5. The maximum absolute atomic E-state index is 13.1. The lowest BCUT2D eigenvalue weighted by molar-refractivity contribution is 0.197. The SMILES string of the molecule is Cc1cc(F)c([C@H](O)CCl)cc1F. The van der Waals surface area contributed by atoms with Crippen molar-refractivity contribution in [2.75, 3.05) is 5.88 Å². The van der Waals surface area contributed by atoms with Gasteiger partial charge in [-0.15, -0.1) is 11.6 Å². The van der Waals surface area contributed by atoms with Crippen LogP contribution in [0.25, 0.3) is 0 Å². The van der Waals surface area contributed by atoms with Crippen LogP contribution in [0.2, 0.25) is 0 Å². The first-order chi connectivity index (χ1) is 6.06. The van der Waals surface area contributed by atoms with Gasteiger partial charge in [-0.3, -0.25) is 0 Å². The van der Waals surface area contributed by atoms with Gasteiger partial charge in [-0.05, 0) is 24.6 Å². The van der Waals surface area contributed by atoms with E-state index in [1.165, 1.54) is 6.92 Å². The molecular weight excluding hydrogens is 198 g/mol. The molecule has 13 heavy (non-hydrogen) atoms. The maximum atomic E-state index is 13.1. The molecule has 0 aliphatic rings. The Morgan fingerprint density at radius 3 is 2.54 bits per heavy atom. The minimum atomic E-state index is -1.16. The summed E-state index contributed by atoms with van der Waals surface area (Å²) in [6.45, 7) is 1.45. The molecule has 1 aromatic carbocycles. The third kappa shape index (κ3) is 2.17. The van der Waals surface area contributed by atoms with Crippen LogP contribution in [0.1, 0.15) is 17.2 Å². The highest BCUT2D eigenvalue weighted by Gasteiger charge is 2.14. The minimum absolute atomic E-state index is 0.0990. The molecule has 0 fully saturated rings. The van der Waals surface area contributed by atoms with Crippen molar-refractivity contribution in [3.63, 3.8) is 0 Å². The Labute approximate surface area is 80.0 Å². The fraction of sp³-hybridized carbons (Fsp3) is 0.333. The summed E-state index contributed by atoms with van der Waals surface area (Å²) in [6.07, 6.45) is -1.16. The van der Waals surface area contributed by atoms with Crippen LogP contribution in [0.5, 0.6) is 0 Å². The molecule has 1 aromatic rings. The Bertz CT molecular complexity index is 315. The lowest BCUT2D eigenvalue weighted by Gasteiger charge is -2.09. The lowest BCUT2D eigenvalue weighted by atomic mass is 10.1. The van der Waals surface area contributed by atoms with Crippen molar-refractivity contribution in [3.8, 4) is 0 Å². The second-order valence-corrected chi connectivity index (χ2v) is 3.10. The molecule has 0 unspecified atom stereocenters. The molecule has 0 aliphatic heterocycles. The van der Waals surface area contributed by atoms with Gasteiger partial charge in [0.25, 0.3) is 0 Å². The quantitative estimate of drug-likeness (QED) is 0.738. The van der Waals surface area contributed by atoms with Crippen molar-refractivity contribution >= 4 is 11.6 Å². The number of aliphatic hydroxyl groups is 1. The average Bonchev–Trinajstić information content (AvgIpc) is 2.10. The van der Waals surface area contributed by atoms with Gasteiger partial charge in [-0.2, -0.15) is 0 Å². The van der Waals surface area contributed by atoms with Crippen molar-refractivity contribution in [2.24, 2.45) is 0 Å². The van der Waals surface area contributed by atoms with Gasteiger partial charge in [0.05, 0.1) is 12.0 Å². The Morgan fingerprint density at radius 2 is 2.00 bits per heavy atom. The molecule has 0 radical (unpaired) electrons. The summed E-state index contributed by atoms with van der Waals surface area (Å²) in [5.74, 6) is -1.33. The molecule has 0 bridgehead atoms. The average molecular weight is 207 g/mol. The number of benzene rings is 1. The summed E-state index contributed by atoms with van der Waals surface area (Å²) in [5, 5.41) is 9.19. The van der Waals surface area contributed by atoms with Crippen molar-refractivity contribution < 1.29 is 13.9 Å². The first-order valence-corrected chi connectivity index (χ1v) is 4.29. The Hall–Kier alpha value is -0.670. The van der Waals surface area contributed by atoms with E-state index in [4.69, 9.17) is 11.6 Å². The number of hydrogen-bond acceptors (Lipinski definition) is 1. The van der Waals surface area contributed by atoms with Gasteiger partial charge in [0.2, 0.25) is 0 Å². The van der Waals surface area contributed by atoms with E-state index in [0.717, 1.165) is 12.1 Å². The summed E-state index contributed by atoms with van der Waals surface area (Å²) in [7, 11) is 0. The zero-order chi connectivity index (χ0) is 10.0. The fourth-order valence-electron chi connectivity index (χ4n) is 1.00. The van der Waals surface area contributed by atoms with Crippen LogP contribution in [0.4, 0.5) is 8.78 Å². The summed E-state index contributed by atoms with van der Waals surface area (Å²) < 4.78 is 26.0. The van der Waals surface area contributed by atoms with Crippen molar-refractivity contribution in [1.82, 2.24) is 0 Å². The third-order valence-corrected chi connectivity index (χ3v) is 2.08. The zero-order valence-corrected chi connectivity index (χ0v) is 7.78. The first kappa shape index (κ1) is 10.4. The van der Waals surface area contributed by atoms with Gasteiger partial charge < -0.3 is 5.11 Å². The molecule has 1 rings (SSSR count). The molecule has 0 amide bonds. The van der Waals surface area contributed by atoms with Crippen LogP contribution < -0.4 is 0 Å². The molecule has 1 nitrogen and oxygen atoms in total. The number of alkyl halides is 1. The van der Waals surface area contributed by atoms with E-state index < -0.39 is 17.7 Å². The summed E-state index contributed by atoms with van der Waals surface area (Å²) in [6, 6.07) is 2.01. The van der Waals surface area contributed by atoms with E-state index in [1.807, 2.05) is 0 Å². The second-order valence-electron chi connectivity index (χ2n) is 2.79. The Kier molecular flexibility index (Phi) is 3.22. The first-order valence-electron chi connectivity index (χ1n) is 3.76. The zero-order valence-electron chi connectivity index (χ0n) is 7.02. The number of hydrogen-bond donors (Lipinski definition) is 1. The Balaban J connectivity index is 3.15. The molecule has 0 aliphatic carbocycles. The fourth-order valence-corrected chi connectivity index (χ4v) is 1.17. The van der Waals surface area contributed by atoms with Crippen LogP contribution >= 0.6 is 11.6 Å². The summed E-state index contributed by atoms with van der Waals surface area (Å²) in [4.78, 5) is 0. The van der Waals surface area contributed by atoms with E-state index in [9.17, 15) is 13.9 Å². The van der Waals surface area contributed by atoms with Gasteiger partial charge in [-0.1, -0.05) is 0 Å². The van der Waals surface area contributed by atoms with Crippen molar-refractivity contribution in [1.29, 1.82) is 0 Å². The third-order valence-electron chi connectivity index (χ3n) is 1.78. The highest BCUT2D eigenvalue weighted by Crippen LogP contribution is 2.21. The van der Waals surface area contributed by atoms with Gasteiger partial charge >= 0.3 is 0 Å². The van der Waals surface area contributed by atoms with E-state index >= 15 is 0 Å². The molecule has 0 saturated heterocycles. The maximum Gasteiger partial charge on any atom is 0.129 e. The number of aryl methyl sites for hydroxylation is 1. The number of aliphatic hydroxyl groups excluding tert-OH is 1. The molecule has 0 saturated carbocycles. The monoisotopic (exact) mass is 206 g/mol. The molecule has 4 heteroatoms. The number of halogens is 3. The highest BCUT2D eigenvalue weighted by molar-refractivity contribution is 6.18. The van der Waals surface area contributed by atoms with E-state index in [2.05, 4.69) is 0 Å². The normalized spacial score (nSPS) is 13.0. The minimum Gasteiger partial charge on any atom is -0.387 e. The van der Waals surface area contributed by atoms with Gasteiger partial charge in [0, 0.05) is 5.56 Å². The van der Waals surface area contributed by atoms with Crippen LogP contribution in [-0.2, 0) is 0 Å². The summed E-state index contributed by atoms with van der Waals surface area (Å²) in [5.41, 5.74) is 0.112. The largest absolute Gasteiger partial charge is 0.387 e. The molecule has 0 heterocycles. The smallest absolute Gasteiger partial charge is 0.129 e. The van der Waals surface area contributed by atoms with Gasteiger partial charge in [0.1, 0.15) is 11.6 Å². The molecular formula is C9H9ClF2O. The number of rotatable bonds is 2. The van der Waals surface area contributed by atoms with Crippen LogP contribution in [0.3, 0.4) is 0 Å². The molecule has 72 valence electrons. The van der Waals surface area contributed by atoms with Crippen LogP contribution in [0, 0.1) is 18.6 Å². The molecule has 1 N–H and O–H groups in total. The Morgan fingerprint density at radius 1 is 1.38 bits per heavy atom. The van der Waals surface area contributed by atoms with Crippen LogP contribution in [0.15, 0.2) is 12.1 Å². The van der Waals surface area contributed by atoms with Gasteiger partial charge in [-0.25, -0.2) is 8.78 Å². The van der Waals surface area contributed by atoms with Gasteiger partial charge in [0.15, 0.2) is 0 Å². The lowest BCUT2D eigenvalue weighted by Crippen LogP contribution is -2.03. The van der Waals surface area contributed by atoms with E-state index in [1.54, 1.807) is 0 Å². The van der Waals surface area contributed by atoms with Crippen LogP contribution in [-0.4, -0.2) is 11.0 Å². The summed E-state index contributed by atoms with van der Waals surface area (Å²) >= 11 is 5.31. The molecule has 1 atom stereocenters. The molecule has 0 spiro atoms. The second kappa shape index (κ2) is 4.03. The molecule has 0 aromatic heterocycles. The van der Waals surface area contributed by atoms with Crippen molar-refractivity contribution in [3.05, 3.63) is 34.9 Å². The topological polar surface area (TPSA) is 20.2 Å². The van der Waals surface area contributed by atoms with E-state index in [0.29, 0.717) is 0 Å².